The highest BCUT2D eigenvalue weighted by atomic mass is 35.5. The molecule has 4 nitrogen and oxygen atoms in total. The Labute approximate surface area is 156 Å². The molecule has 0 radical (unpaired) electrons. The van der Waals surface area contributed by atoms with E-state index >= 15 is 0 Å². The Morgan fingerprint density at radius 2 is 2.20 bits per heavy atom. The van der Waals surface area contributed by atoms with Gasteiger partial charge in [0.25, 0.3) is 5.56 Å². The molecule has 1 N–H and O–H groups in total. The van der Waals surface area contributed by atoms with Crippen molar-refractivity contribution in [1.82, 2.24) is 15.0 Å². The Morgan fingerprint density at radius 3 is 2.92 bits per heavy atom. The number of nitrogens with zero attached hydrogens (tertiary/aromatic N) is 2. The van der Waals surface area contributed by atoms with Gasteiger partial charge in [-0.25, -0.2) is 4.98 Å². The fraction of sp³-hybridized carbons (Fsp3) is 0.0556. The summed E-state index contributed by atoms with van der Waals surface area (Å²) in [7, 11) is 0. The van der Waals surface area contributed by atoms with E-state index in [1.165, 1.54) is 16.2 Å². The standard InChI is InChI=1S/C18H12ClN3OS2/c1-10-4-5-14(25-10)12-9-24-18-15(12)17(23)21-16(22-18)13(19)7-11-3-2-6-20-8-11/h2-9H,1H3,(H,21,22,23)/b13-7-. The summed E-state index contributed by atoms with van der Waals surface area (Å²) in [5, 5.41) is 2.95. The number of thiophene rings is 2. The Hall–Kier alpha value is -2.28. The maximum Gasteiger partial charge on any atom is 0.260 e. The molecule has 0 aliphatic rings. The third-order valence-corrected chi connectivity index (χ3v) is 5.85. The minimum atomic E-state index is -0.181. The monoisotopic (exact) mass is 385 g/mol. The van der Waals surface area contributed by atoms with Crippen LogP contribution < -0.4 is 5.56 Å². The lowest BCUT2D eigenvalue weighted by Crippen LogP contribution is -2.10. The van der Waals surface area contributed by atoms with Crippen molar-refractivity contribution in [3.63, 3.8) is 0 Å². The van der Waals surface area contributed by atoms with Gasteiger partial charge in [-0.15, -0.1) is 22.7 Å². The van der Waals surface area contributed by atoms with Crippen molar-refractivity contribution in [2.75, 3.05) is 0 Å². The molecule has 4 aromatic heterocycles. The molecule has 0 fully saturated rings. The van der Waals surface area contributed by atoms with Gasteiger partial charge in [0.05, 0.1) is 10.4 Å². The summed E-state index contributed by atoms with van der Waals surface area (Å²) >= 11 is 9.46. The van der Waals surface area contributed by atoms with E-state index < -0.39 is 0 Å². The van der Waals surface area contributed by atoms with Gasteiger partial charge >= 0.3 is 0 Å². The molecule has 0 saturated carbocycles. The largest absolute Gasteiger partial charge is 0.305 e. The topological polar surface area (TPSA) is 58.6 Å². The van der Waals surface area contributed by atoms with E-state index in [9.17, 15) is 4.79 Å². The van der Waals surface area contributed by atoms with Crippen LogP contribution in [0.2, 0.25) is 0 Å². The molecule has 0 spiro atoms. The van der Waals surface area contributed by atoms with Gasteiger partial charge in [0.15, 0.2) is 5.82 Å². The molecule has 4 rings (SSSR count). The SMILES string of the molecule is Cc1ccc(-c2csc3nc(/C(Cl)=C/c4cccnc4)[nH]c(=O)c23)s1. The summed E-state index contributed by atoms with van der Waals surface area (Å²) in [5.74, 6) is 0.360. The van der Waals surface area contributed by atoms with E-state index in [1.807, 2.05) is 36.6 Å². The second-order valence-electron chi connectivity index (χ2n) is 5.43. The number of halogens is 1. The van der Waals surface area contributed by atoms with Crippen LogP contribution in [0.25, 0.3) is 31.8 Å². The van der Waals surface area contributed by atoms with E-state index in [2.05, 4.69) is 15.0 Å². The zero-order valence-corrected chi connectivity index (χ0v) is 15.5. The second-order valence-corrected chi connectivity index (χ2v) is 7.99. The van der Waals surface area contributed by atoms with Crippen LogP contribution in [0.15, 0.2) is 46.8 Å². The van der Waals surface area contributed by atoms with E-state index in [1.54, 1.807) is 29.8 Å². The minimum absolute atomic E-state index is 0.181. The van der Waals surface area contributed by atoms with Crippen LogP contribution >= 0.6 is 34.3 Å². The zero-order valence-electron chi connectivity index (χ0n) is 13.1. The molecule has 4 heterocycles. The average Bonchev–Trinajstić information content (AvgIpc) is 3.22. The van der Waals surface area contributed by atoms with Gasteiger partial charge in [0.1, 0.15) is 4.83 Å². The van der Waals surface area contributed by atoms with Gasteiger partial charge in [-0.05, 0) is 36.8 Å². The molecule has 0 amide bonds. The van der Waals surface area contributed by atoms with Gasteiger partial charge in [-0.2, -0.15) is 0 Å². The number of H-pyrrole nitrogens is 1. The first-order valence-electron chi connectivity index (χ1n) is 7.48. The number of hydrogen-bond acceptors (Lipinski definition) is 5. The molecule has 0 unspecified atom stereocenters. The molecule has 4 aromatic rings. The van der Waals surface area contributed by atoms with Crippen molar-refractivity contribution in [3.05, 3.63) is 68.7 Å². The van der Waals surface area contributed by atoms with Crippen LogP contribution in [0, 0.1) is 6.92 Å². The molecule has 0 atom stereocenters. The molecular weight excluding hydrogens is 374 g/mol. The smallest absolute Gasteiger partial charge is 0.260 e. The molecule has 0 aromatic carbocycles. The van der Waals surface area contributed by atoms with Crippen molar-refractivity contribution in [3.8, 4) is 10.4 Å². The van der Waals surface area contributed by atoms with E-state index in [0.717, 1.165) is 16.0 Å². The zero-order chi connectivity index (χ0) is 17.4. The van der Waals surface area contributed by atoms with Crippen LogP contribution in [0.5, 0.6) is 0 Å². The van der Waals surface area contributed by atoms with Gasteiger partial charge in [0.2, 0.25) is 0 Å². The number of aromatic nitrogens is 3. The Morgan fingerprint density at radius 1 is 1.32 bits per heavy atom. The predicted octanol–water partition coefficient (Wildman–Crippen LogP) is 5.15. The number of pyridine rings is 1. The molecule has 124 valence electrons. The highest BCUT2D eigenvalue weighted by molar-refractivity contribution is 7.19. The van der Waals surface area contributed by atoms with Crippen LogP contribution in [-0.2, 0) is 0 Å². The van der Waals surface area contributed by atoms with Crippen molar-refractivity contribution < 1.29 is 0 Å². The summed E-state index contributed by atoms with van der Waals surface area (Å²) < 4.78 is 0. The summed E-state index contributed by atoms with van der Waals surface area (Å²) in [6, 6.07) is 7.79. The number of aromatic amines is 1. The molecule has 7 heteroatoms. The third kappa shape index (κ3) is 3.16. The normalized spacial score (nSPS) is 12.0. The number of nitrogens with one attached hydrogen (secondary N) is 1. The van der Waals surface area contributed by atoms with Crippen LogP contribution in [0.1, 0.15) is 16.3 Å². The van der Waals surface area contributed by atoms with E-state index in [4.69, 9.17) is 11.6 Å². The van der Waals surface area contributed by atoms with E-state index in [-0.39, 0.29) is 5.56 Å². The number of aryl methyl sites for hydroxylation is 1. The Kier molecular flexibility index (Phi) is 4.25. The first-order chi connectivity index (χ1) is 12.1. The highest BCUT2D eigenvalue weighted by Gasteiger charge is 2.15. The van der Waals surface area contributed by atoms with Gasteiger partial charge in [-0.3, -0.25) is 9.78 Å². The average molecular weight is 386 g/mol. The summed E-state index contributed by atoms with van der Waals surface area (Å²) in [6.45, 7) is 2.05. The van der Waals surface area contributed by atoms with Gasteiger partial charge in [-0.1, -0.05) is 17.7 Å². The van der Waals surface area contributed by atoms with Crippen LogP contribution in [0.3, 0.4) is 0 Å². The van der Waals surface area contributed by atoms with Crippen molar-refractivity contribution in [2.24, 2.45) is 0 Å². The Bertz CT molecular complexity index is 1140. The minimum Gasteiger partial charge on any atom is -0.305 e. The highest BCUT2D eigenvalue weighted by Crippen LogP contribution is 2.35. The van der Waals surface area contributed by atoms with Crippen molar-refractivity contribution in [1.29, 1.82) is 0 Å². The lowest BCUT2D eigenvalue weighted by atomic mass is 10.2. The number of fused-ring (bicyclic) bond motifs is 1. The van der Waals surface area contributed by atoms with Gasteiger partial charge in [0, 0.05) is 33.1 Å². The first kappa shape index (κ1) is 16.2. The lowest BCUT2D eigenvalue weighted by molar-refractivity contribution is 1.14. The van der Waals surface area contributed by atoms with Crippen molar-refractivity contribution >= 4 is 55.6 Å². The molecular formula is C18H12ClN3OS2. The molecule has 0 saturated heterocycles. The molecule has 25 heavy (non-hydrogen) atoms. The molecule has 0 aliphatic heterocycles. The first-order valence-corrected chi connectivity index (χ1v) is 9.55. The summed E-state index contributed by atoms with van der Waals surface area (Å²) in [6.07, 6.45) is 5.12. The fourth-order valence-electron chi connectivity index (χ4n) is 2.50. The quantitative estimate of drug-likeness (QED) is 0.530. The second kappa shape index (κ2) is 6.55. The number of rotatable bonds is 3. The summed E-state index contributed by atoms with van der Waals surface area (Å²) in [5.41, 5.74) is 1.59. The molecule has 0 aliphatic carbocycles. The summed E-state index contributed by atoms with van der Waals surface area (Å²) in [4.78, 5) is 27.0. The maximum atomic E-state index is 12.6. The number of hydrogen-bond donors (Lipinski definition) is 1. The third-order valence-electron chi connectivity index (χ3n) is 3.65. The van der Waals surface area contributed by atoms with Crippen LogP contribution in [-0.4, -0.2) is 15.0 Å². The van der Waals surface area contributed by atoms with E-state index in [0.29, 0.717) is 21.1 Å². The maximum absolute atomic E-state index is 12.6. The van der Waals surface area contributed by atoms with Crippen LogP contribution in [0.4, 0.5) is 0 Å². The Balaban J connectivity index is 1.81. The molecule has 0 bridgehead atoms. The fourth-order valence-corrected chi connectivity index (χ4v) is 4.62. The van der Waals surface area contributed by atoms with Gasteiger partial charge < -0.3 is 4.98 Å². The lowest BCUT2D eigenvalue weighted by Gasteiger charge is -2.01. The van der Waals surface area contributed by atoms with Crippen molar-refractivity contribution in [2.45, 2.75) is 6.92 Å². The predicted molar refractivity (Wildman–Crippen MR) is 106 cm³/mol.